The van der Waals surface area contributed by atoms with Crippen LogP contribution in [0.2, 0.25) is 0 Å². The van der Waals surface area contributed by atoms with Crippen LogP contribution in [-0.2, 0) is 16.6 Å². The van der Waals surface area contributed by atoms with Crippen molar-refractivity contribution in [2.75, 3.05) is 4.72 Å². The molecule has 0 heterocycles. The van der Waals surface area contributed by atoms with E-state index in [9.17, 15) is 17.2 Å². The molecule has 21 heavy (non-hydrogen) atoms. The standard InChI is InChI=1S/C14H14F2N2O2S/c1-9-10(8-17)3-2-4-14(9)21(19,20)18-13-6-5-11(15)7-12(13)16/h2-7,18H,8,17H2,1H3. The van der Waals surface area contributed by atoms with Gasteiger partial charge >= 0.3 is 0 Å². The van der Waals surface area contributed by atoms with Gasteiger partial charge in [0.25, 0.3) is 10.0 Å². The lowest BCUT2D eigenvalue weighted by Crippen LogP contribution is -2.16. The molecule has 0 saturated carbocycles. The van der Waals surface area contributed by atoms with E-state index in [0.717, 1.165) is 12.1 Å². The summed E-state index contributed by atoms with van der Waals surface area (Å²) in [5, 5.41) is 0. The topological polar surface area (TPSA) is 72.2 Å². The minimum atomic E-state index is -3.98. The largest absolute Gasteiger partial charge is 0.326 e. The summed E-state index contributed by atoms with van der Waals surface area (Å²) in [7, 11) is -3.98. The highest BCUT2D eigenvalue weighted by Gasteiger charge is 2.19. The molecule has 0 radical (unpaired) electrons. The Kier molecular flexibility index (Phi) is 4.24. The van der Waals surface area contributed by atoms with Crippen molar-refractivity contribution in [3.05, 3.63) is 59.2 Å². The van der Waals surface area contributed by atoms with E-state index in [0.29, 0.717) is 17.2 Å². The summed E-state index contributed by atoms with van der Waals surface area (Å²) in [6.45, 7) is 1.82. The molecule has 0 fully saturated rings. The second-order valence-corrected chi connectivity index (χ2v) is 6.12. The van der Waals surface area contributed by atoms with E-state index in [1.165, 1.54) is 6.07 Å². The van der Waals surface area contributed by atoms with E-state index in [4.69, 9.17) is 5.73 Å². The molecule has 0 atom stereocenters. The monoisotopic (exact) mass is 312 g/mol. The first-order valence-corrected chi connectivity index (χ1v) is 7.60. The molecule has 0 saturated heterocycles. The Morgan fingerprint density at radius 3 is 2.52 bits per heavy atom. The van der Waals surface area contributed by atoms with Crippen LogP contribution in [0.4, 0.5) is 14.5 Å². The van der Waals surface area contributed by atoms with E-state index in [-0.39, 0.29) is 17.1 Å². The van der Waals surface area contributed by atoms with E-state index in [1.807, 2.05) is 0 Å². The quantitative estimate of drug-likeness (QED) is 0.911. The van der Waals surface area contributed by atoms with Crippen LogP contribution >= 0.6 is 0 Å². The van der Waals surface area contributed by atoms with Crippen LogP contribution in [0.1, 0.15) is 11.1 Å². The summed E-state index contributed by atoms with van der Waals surface area (Å²) in [5.74, 6) is -1.76. The molecule has 0 aliphatic rings. The van der Waals surface area contributed by atoms with Gasteiger partial charge < -0.3 is 5.73 Å². The molecule has 0 amide bonds. The van der Waals surface area contributed by atoms with E-state index in [1.54, 1.807) is 19.1 Å². The fourth-order valence-corrected chi connectivity index (χ4v) is 3.30. The third-order valence-corrected chi connectivity index (χ3v) is 4.59. The Morgan fingerprint density at radius 1 is 1.19 bits per heavy atom. The summed E-state index contributed by atoms with van der Waals surface area (Å²) in [5.41, 5.74) is 6.40. The van der Waals surface area contributed by atoms with Crippen LogP contribution in [0.15, 0.2) is 41.3 Å². The maximum atomic E-state index is 13.6. The van der Waals surface area contributed by atoms with Gasteiger partial charge in [-0.15, -0.1) is 0 Å². The first-order valence-electron chi connectivity index (χ1n) is 6.11. The zero-order valence-electron chi connectivity index (χ0n) is 11.2. The molecule has 2 aromatic rings. The zero-order valence-corrected chi connectivity index (χ0v) is 12.0. The van der Waals surface area contributed by atoms with Gasteiger partial charge in [0, 0.05) is 12.6 Å². The molecular weight excluding hydrogens is 298 g/mol. The Balaban J connectivity index is 2.43. The second-order valence-electron chi connectivity index (χ2n) is 4.47. The van der Waals surface area contributed by atoms with Gasteiger partial charge in [-0.2, -0.15) is 0 Å². The number of hydrogen-bond donors (Lipinski definition) is 2. The van der Waals surface area contributed by atoms with Crippen molar-refractivity contribution in [3.8, 4) is 0 Å². The molecule has 0 aromatic heterocycles. The van der Waals surface area contributed by atoms with Crippen molar-refractivity contribution in [3.63, 3.8) is 0 Å². The summed E-state index contributed by atoms with van der Waals surface area (Å²) in [4.78, 5) is 0.00850. The molecule has 0 aliphatic carbocycles. The summed E-state index contributed by atoms with van der Waals surface area (Å²) < 4.78 is 53.1. The maximum absolute atomic E-state index is 13.6. The van der Waals surface area contributed by atoms with Crippen LogP contribution in [-0.4, -0.2) is 8.42 Å². The van der Waals surface area contributed by atoms with Gasteiger partial charge in [0.1, 0.15) is 11.6 Å². The number of sulfonamides is 1. The summed E-state index contributed by atoms with van der Waals surface area (Å²) >= 11 is 0. The van der Waals surface area contributed by atoms with Crippen molar-refractivity contribution in [2.45, 2.75) is 18.4 Å². The molecule has 2 rings (SSSR count). The van der Waals surface area contributed by atoms with Crippen LogP contribution in [0.3, 0.4) is 0 Å². The number of rotatable bonds is 4. The fourth-order valence-electron chi connectivity index (χ4n) is 1.94. The number of benzene rings is 2. The first-order chi connectivity index (χ1) is 9.85. The predicted octanol–water partition coefficient (Wildman–Crippen LogP) is 2.53. The molecule has 112 valence electrons. The van der Waals surface area contributed by atoms with E-state index >= 15 is 0 Å². The summed E-state index contributed by atoms with van der Waals surface area (Å²) in [6, 6.07) is 7.30. The zero-order chi connectivity index (χ0) is 15.6. The molecule has 0 bridgehead atoms. The highest BCUT2D eigenvalue weighted by molar-refractivity contribution is 7.92. The average molecular weight is 312 g/mol. The van der Waals surface area contributed by atoms with Gasteiger partial charge in [-0.1, -0.05) is 12.1 Å². The Labute approximate surface area is 121 Å². The number of nitrogens with one attached hydrogen (secondary N) is 1. The lowest BCUT2D eigenvalue weighted by molar-refractivity contribution is 0.582. The van der Waals surface area contributed by atoms with Gasteiger partial charge in [0.2, 0.25) is 0 Å². The molecule has 0 aliphatic heterocycles. The average Bonchev–Trinajstić information content (AvgIpc) is 2.42. The van der Waals surface area contributed by atoms with Gasteiger partial charge in [0.15, 0.2) is 0 Å². The molecule has 0 spiro atoms. The van der Waals surface area contributed by atoms with Crippen molar-refractivity contribution in [1.82, 2.24) is 0 Å². The van der Waals surface area contributed by atoms with Crippen LogP contribution < -0.4 is 10.5 Å². The molecule has 2 aromatic carbocycles. The Morgan fingerprint density at radius 2 is 1.90 bits per heavy atom. The highest BCUT2D eigenvalue weighted by Crippen LogP contribution is 2.23. The van der Waals surface area contributed by atoms with Gasteiger partial charge in [-0.25, -0.2) is 17.2 Å². The summed E-state index contributed by atoms with van der Waals surface area (Å²) in [6.07, 6.45) is 0. The minimum absolute atomic E-state index is 0.00850. The lowest BCUT2D eigenvalue weighted by atomic mass is 10.1. The number of anilines is 1. The molecular formula is C14H14F2N2O2S. The molecule has 0 unspecified atom stereocenters. The second kappa shape index (κ2) is 5.79. The van der Waals surface area contributed by atoms with Crippen LogP contribution in [0.25, 0.3) is 0 Å². The maximum Gasteiger partial charge on any atom is 0.262 e. The van der Waals surface area contributed by atoms with E-state index < -0.39 is 21.7 Å². The number of nitrogens with two attached hydrogens (primary N) is 1. The highest BCUT2D eigenvalue weighted by atomic mass is 32.2. The Bertz CT molecular complexity index is 777. The lowest BCUT2D eigenvalue weighted by Gasteiger charge is -2.13. The van der Waals surface area contributed by atoms with E-state index in [2.05, 4.69) is 4.72 Å². The van der Waals surface area contributed by atoms with Crippen molar-refractivity contribution >= 4 is 15.7 Å². The third-order valence-electron chi connectivity index (χ3n) is 3.08. The number of hydrogen-bond acceptors (Lipinski definition) is 3. The van der Waals surface area contributed by atoms with Gasteiger partial charge in [-0.3, -0.25) is 4.72 Å². The number of halogens is 2. The van der Waals surface area contributed by atoms with Crippen LogP contribution in [0, 0.1) is 18.6 Å². The van der Waals surface area contributed by atoms with Crippen molar-refractivity contribution in [2.24, 2.45) is 5.73 Å². The third kappa shape index (κ3) is 3.20. The van der Waals surface area contributed by atoms with Crippen molar-refractivity contribution in [1.29, 1.82) is 0 Å². The minimum Gasteiger partial charge on any atom is -0.326 e. The smallest absolute Gasteiger partial charge is 0.262 e. The van der Waals surface area contributed by atoms with Crippen molar-refractivity contribution < 1.29 is 17.2 Å². The predicted molar refractivity (Wildman–Crippen MR) is 76.2 cm³/mol. The SMILES string of the molecule is Cc1c(CN)cccc1S(=O)(=O)Nc1ccc(F)cc1F. The molecule has 4 nitrogen and oxygen atoms in total. The first kappa shape index (κ1) is 15.4. The fraction of sp³-hybridized carbons (Fsp3) is 0.143. The van der Waals surface area contributed by atoms with Gasteiger partial charge in [-0.05, 0) is 36.2 Å². The van der Waals surface area contributed by atoms with Crippen LogP contribution in [0.5, 0.6) is 0 Å². The van der Waals surface area contributed by atoms with Gasteiger partial charge in [0.05, 0.1) is 10.6 Å². The molecule has 3 N–H and O–H groups in total. The molecule has 7 heteroatoms. The Hall–Kier alpha value is -1.99. The normalized spacial score (nSPS) is 11.4.